The smallest absolute Gasteiger partial charge is 0.246 e. The number of aromatic nitrogens is 2. The standard InChI is InChI=1S/C21H24N4O3/c26-17(14-25-11-9-15-4-1-2-5-16(15)13-25)12-23-19(27)7-8-20-24-18-6-3-10-22-21(18)28-20/h1-6,10,17,26H,7-9,11-14H2,(H,23,27). The normalized spacial score (nSPS) is 15.3. The molecule has 0 radical (unpaired) electrons. The first-order chi connectivity index (χ1) is 13.7. The topological polar surface area (TPSA) is 91.5 Å². The molecule has 1 unspecified atom stereocenters. The summed E-state index contributed by atoms with van der Waals surface area (Å²) in [6, 6.07) is 12.0. The van der Waals surface area contributed by atoms with Crippen LogP contribution in [0.15, 0.2) is 47.0 Å². The Morgan fingerprint density at radius 3 is 2.96 bits per heavy atom. The van der Waals surface area contributed by atoms with Crippen molar-refractivity contribution >= 4 is 17.1 Å². The van der Waals surface area contributed by atoms with Crippen LogP contribution in [0.5, 0.6) is 0 Å². The molecule has 1 atom stereocenters. The number of rotatable bonds is 7. The van der Waals surface area contributed by atoms with Gasteiger partial charge in [-0.3, -0.25) is 9.69 Å². The van der Waals surface area contributed by atoms with E-state index in [1.807, 2.05) is 12.1 Å². The minimum Gasteiger partial charge on any atom is -0.422 e. The van der Waals surface area contributed by atoms with Crippen LogP contribution in [0.2, 0.25) is 0 Å². The van der Waals surface area contributed by atoms with Gasteiger partial charge in [-0.15, -0.1) is 0 Å². The number of hydrogen-bond acceptors (Lipinski definition) is 6. The monoisotopic (exact) mass is 380 g/mol. The molecule has 0 saturated heterocycles. The van der Waals surface area contributed by atoms with E-state index >= 15 is 0 Å². The molecule has 1 amide bonds. The van der Waals surface area contributed by atoms with E-state index in [2.05, 4.69) is 38.4 Å². The molecule has 3 aromatic rings. The van der Waals surface area contributed by atoms with Crippen LogP contribution < -0.4 is 5.32 Å². The number of hydrogen-bond donors (Lipinski definition) is 2. The van der Waals surface area contributed by atoms with Gasteiger partial charge in [0, 0.05) is 45.2 Å². The number of carbonyl (C=O) groups excluding carboxylic acids is 1. The molecular weight excluding hydrogens is 356 g/mol. The molecular formula is C21H24N4O3. The molecule has 3 heterocycles. The Morgan fingerprint density at radius 1 is 1.25 bits per heavy atom. The van der Waals surface area contributed by atoms with Crippen LogP contribution in [-0.2, 0) is 24.2 Å². The summed E-state index contributed by atoms with van der Waals surface area (Å²) in [6.07, 6.45) is 2.71. The highest BCUT2D eigenvalue weighted by Gasteiger charge is 2.19. The molecule has 1 aromatic carbocycles. The van der Waals surface area contributed by atoms with Gasteiger partial charge in [-0.05, 0) is 29.7 Å². The van der Waals surface area contributed by atoms with E-state index < -0.39 is 6.10 Å². The van der Waals surface area contributed by atoms with Gasteiger partial charge in [0.05, 0.1) is 6.10 Å². The van der Waals surface area contributed by atoms with Crippen LogP contribution in [0.25, 0.3) is 11.2 Å². The largest absolute Gasteiger partial charge is 0.422 e. The van der Waals surface area contributed by atoms with E-state index in [1.54, 1.807) is 12.3 Å². The van der Waals surface area contributed by atoms with Crippen molar-refractivity contribution in [3.63, 3.8) is 0 Å². The van der Waals surface area contributed by atoms with Gasteiger partial charge in [0.2, 0.25) is 11.6 Å². The molecule has 146 valence electrons. The van der Waals surface area contributed by atoms with Crippen molar-refractivity contribution in [1.29, 1.82) is 0 Å². The number of nitrogens with one attached hydrogen (secondary N) is 1. The third kappa shape index (κ3) is 4.55. The number of benzene rings is 1. The zero-order chi connectivity index (χ0) is 19.3. The second-order valence-electron chi connectivity index (χ2n) is 7.15. The molecule has 4 rings (SSSR count). The minimum atomic E-state index is -0.595. The van der Waals surface area contributed by atoms with E-state index in [0.29, 0.717) is 30.1 Å². The highest BCUT2D eigenvalue weighted by molar-refractivity contribution is 5.76. The number of aliphatic hydroxyl groups excluding tert-OH is 1. The van der Waals surface area contributed by atoms with E-state index in [1.165, 1.54) is 11.1 Å². The molecule has 2 aromatic heterocycles. The summed E-state index contributed by atoms with van der Waals surface area (Å²) in [5.74, 6) is 0.370. The fraction of sp³-hybridized carbons (Fsp3) is 0.381. The number of carbonyl (C=O) groups is 1. The van der Waals surface area contributed by atoms with Crippen LogP contribution in [0, 0.1) is 0 Å². The van der Waals surface area contributed by atoms with E-state index in [4.69, 9.17) is 4.42 Å². The molecule has 0 fully saturated rings. The van der Waals surface area contributed by atoms with E-state index in [0.717, 1.165) is 19.5 Å². The summed E-state index contributed by atoms with van der Waals surface area (Å²) in [5, 5.41) is 13.1. The van der Waals surface area contributed by atoms with Gasteiger partial charge in [0.15, 0.2) is 5.89 Å². The summed E-state index contributed by atoms with van der Waals surface area (Å²) in [6.45, 7) is 2.55. The van der Waals surface area contributed by atoms with Crippen LogP contribution in [-0.4, -0.2) is 51.6 Å². The van der Waals surface area contributed by atoms with Crippen molar-refractivity contribution in [3.8, 4) is 0 Å². The lowest BCUT2D eigenvalue weighted by Gasteiger charge is -2.30. The summed E-state index contributed by atoms with van der Waals surface area (Å²) in [5.41, 5.74) is 3.88. The van der Waals surface area contributed by atoms with Gasteiger partial charge in [-0.1, -0.05) is 24.3 Å². The van der Waals surface area contributed by atoms with Crippen LogP contribution in [0.1, 0.15) is 23.4 Å². The average molecular weight is 380 g/mol. The van der Waals surface area contributed by atoms with Gasteiger partial charge in [0.25, 0.3) is 0 Å². The van der Waals surface area contributed by atoms with Crippen LogP contribution in [0.3, 0.4) is 0 Å². The summed E-state index contributed by atoms with van der Waals surface area (Å²) < 4.78 is 5.51. The number of amides is 1. The van der Waals surface area contributed by atoms with Gasteiger partial charge in [-0.2, -0.15) is 0 Å². The fourth-order valence-electron chi connectivity index (χ4n) is 3.53. The van der Waals surface area contributed by atoms with Crippen molar-refractivity contribution < 1.29 is 14.3 Å². The Balaban J connectivity index is 1.19. The number of aryl methyl sites for hydroxylation is 1. The van der Waals surface area contributed by atoms with Crippen molar-refractivity contribution in [2.75, 3.05) is 19.6 Å². The quantitative estimate of drug-likeness (QED) is 0.648. The van der Waals surface area contributed by atoms with Crippen molar-refractivity contribution in [1.82, 2.24) is 20.2 Å². The predicted octanol–water partition coefficient (Wildman–Crippen LogP) is 1.69. The number of pyridine rings is 1. The van der Waals surface area contributed by atoms with Crippen molar-refractivity contribution in [2.45, 2.75) is 31.9 Å². The van der Waals surface area contributed by atoms with Gasteiger partial charge < -0.3 is 14.8 Å². The fourth-order valence-corrected chi connectivity index (χ4v) is 3.53. The molecule has 7 nitrogen and oxygen atoms in total. The van der Waals surface area contributed by atoms with E-state index in [9.17, 15) is 9.90 Å². The first kappa shape index (κ1) is 18.6. The zero-order valence-corrected chi connectivity index (χ0v) is 15.7. The maximum atomic E-state index is 12.1. The maximum absolute atomic E-state index is 12.1. The molecule has 0 saturated carbocycles. The second kappa shape index (κ2) is 8.50. The van der Waals surface area contributed by atoms with Gasteiger partial charge in [-0.25, -0.2) is 9.97 Å². The van der Waals surface area contributed by atoms with E-state index in [-0.39, 0.29) is 18.9 Å². The van der Waals surface area contributed by atoms with Crippen molar-refractivity contribution in [2.24, 2.45) is 0 Å². The van der Waals surface area contributed by atoms with Gasteiger partial charge in [0.1, 0.15) is 5.52 Å². The highest BCUT2D eigenvalue weighted by atomic mass is 16.4. The Kier molecular flexibility index (Phi) is 5.64. The van der Waals surface area contributed by atoms with Crippen LogP contribution in [0.4, 0.5) is 0 Å². The Bertz CT molecular complexity index is 922. The third-order valence-electron chi connectivity index (χ3n) is 4.99. The third-order valence-corrected chi connectivity index (χ3v) is 4.99. The highest BCUT2D eigenvalue weighted by Crippen LogP contribution is 2.18. The first-order valence-electron chi connectivity index (χ1n) is 9.62. The SMILES string of the molecule is O=C(CCc1nc2cccnc2o1)NCC(O)CN1CCc2ccccc2C1. The number of fused-ring (bicyclic) bond motifs is 2. The molecule has 2 N–H and O–H groups in total. The van der Waals surface area contributed by atoms with Crippen LogP contribution >= 0.6 is 0 Å². The first-order valence-corrected chi connectivity index (χ1v) is 9.62. The molecule has 1 aliphatic rings. The summed E-state index contributed by atoms with van der Waals surface area (Å²) in [7, 11) is 0. The minimum absolute atomic E-state index is 0.127. The molecule has 0 bridgehead atoms. The van der Waals surface area contributed by atoms with Crippen molar-refractivity contribution in [3.05, 3.63) is 59.6 Å². The molecule has 28 heavy (non-hydrogen) atoms. The number of oxazole rings is 1. The molecule has 0 aliphatic carbocycles. The Labute approximate surface area is 163 Å². The molecule has 1 aliphatic heterocycles. The number of aliphatic hydroxyl groups is 1. The maximum Gasteiger partial charge on any atom is 0.246 e. The zero-order valence-electron chi connectivity index (χ0n) is 15.7. The average Bonchev–Trinajstić information content (AvgIpc) is 3.14. The molecule has 7 heteroatoms. The summed E-state index contributed by atoms with van der Waals surface area (Å²) in [4.78, 5) is 22.7. The number of β-amino-alcohol motifs (C(OH)–C–C–N with tert-alkyl or cyclic N) is 1. The Morgan fingerprint density at radius 2 is 2.11 bits per heavy atom. The predicted molar refractivity (Wildman–Crippen MR) is 105 cm³/mol. The lowest BCUT2D eigenvalue weighted by Crippen LogP contribution is -2.42. The Hall–Kier alpha value is -2.77. The van der Waals surface area contributed by atoms with Gasteiger partial charge >= 0.3 is 0 Å². The lowest BCUT2D eigenvalue weighted by atomic mass is 10.00. The second-order valence-corrected chi connectivity index (χ2v) is 7.15. The molecule has 0 spiro atoms. The summed E-state index contributed by atoms with van der Waals surface area (Å²) >= 11 is 0. The number of nitrogens with zero attached hydrogens (tertiary/aromatic N) is 3. The lowest BCUT2D eigenvalue weighted by molar-refractivity contribution is -0.121.